The fourth-order valence-electron chi connectivity index (χ4n) is 3.06. The standard InChI is InChI=1S/C22H23ClN2O2/c1-25(2)21(19-9-5-6-10-20(19)23)14-24-22(26)15-27-18-12-11-16-7-3-4-8-17(16)13-18/h3-13,21H,14-15H2,1-2H3,(H,24,26)/p+1/t21-/m1/s1. The number of amides is 1. The van der Waals surface area contributed by atoms with Crippen LogP contribution in [0.5, 0.6) is 5.75 Å². The molecule has 0 heterocycles. The molecule has 0 spiro atoms. The van der Waals surface area contributed by atoms with Gasteiger partial charge in [-0.1, -0.05) is 60.1 Å². The van der Waals surface area contributed by atoms with Crippen molar-refractivity contribution in [3.63, 3.8) is 0 Å². The lowest BCUT2D eigenvalue weighted by Gasteiger charge is -2.23. The summed E-state index contributed by atoms with van der Waals surface area (Å²) in [5, 5.41) is 5.90. The Morgan fingerprint density at radius 3 is 2.48 bits per heavy atom. The number of hydrogen-bond donors (Lipinski definition) is 2. The Labute approximate surface area is 164 Å². The van der Waals surface area contributed by atoms with E-state index in [1.807, 2.05) is 80.8 Å². The van der Waals surface area contributed by atoms with Crippen LogP contribution in [0.2, 0.25) is 5.02 Å². The highest BCUT2D eigenvalue weighted by Crippen LogP contribution is 2.21. The molecule has 0 fully saturated rings. The van der Waals surface area contributed by atoms with Gasteiger partial charge in [0, 0.05) is 10.6 Å². The monoisotopic (exact) mass is 383 g/mol. The summed E-state index contributed by atoms with van der Waals surface area (Å²) in [5.41, 5.74) is 1.02. The van der Waals surface area contributed by atoms with Crippen LogP contribution in [0.4, 0.5) is 0 Å². The maximum Gasteiger partial charge on any atom is 0.258 e. The third kappa shape index (κ3) is 5.00. The number of benzene rings is 3. The highest BCUT2D eigenvalue weighted by Gasteiger charge is 2.21. The van der Waals surface area contributed by atoms with Gasteiger partial charge in [-0.25, -0.2) is 0 Å². The van der Waals surface area contributed by atoms with Crippen molar-refractivity contribution in [2.45, 2.75) is 6.04 Å². The lowest BCUT2D eigenvalue weighted by molar-refractivity contribution is -0.890. The van der Waals surface area contributed by atoms with Crippen LogP contribution < -0.4 is 15.0 Å². The predicted molar refractivity (Wildman–Crippen MR) is 109 cm³/mol. The van der Waals surface area contributed by atoms with Crippen LogP contribution in [-0.4, -0.2) is 33.2 Å². The number of likely N-dealkylation sites (N-methyl/N-ethyl adjacent to an activating group) is 1. The SMILES string of the molecule is C[NH+](C)[C@H](CNC(=O)COc1ccc2ccccc2c1)c1ccccc1Cl. The van der Waals surface area contributed by atoms with Crippen molar-refractivity contribution in [2.75, 3.05) is 27.2 Å². The lowest BCUT2D eigenvalue weighted by atomic mass is 10.1. The number of hydrogen-bond acceptors (Lipinski definition) is 2. The normalized spacial score (nSPS) is 12.1. The summed E-state index contributed by atoms with van der Waals surface area (Å²) < 4.78 is 5.65. The fraction of sp³-hybridized carbons (Fsp3) is 0.227. The number of fused-ring (bicyclic) bond motifs is 1. The van der Waals surface area contributed by atoms with Gasteiger partial charge in [-0.2, -0.15) is 0 Å². The molecule has 4 nitrogen and oxygen atoms in total. The first-order valence-corrected chi connectivity index (χ1v) is 9.35. The quantitative estimate of drug-likeness (QED) is 0.658. The molecule has 0 aliphatic carbocycles. The minimum Gasteiger partial charge on any atom is -0.484 e. The second-order valence-electron chi connectivity index (χ2n) is 6.75. The summed E-state index contributed by atoms with van der Waals surface area (Å²) in [6.07, 6.45) is 0. The number of quaternary nitrogens is 1. The molecule has 0 bridgehead atoms. The Morgan fingerprint density at radius 2 is 1.74 bits per heavy atom. The van der Waals surface area contributed by atoms with Crippen LogP contribution in [0.15, 0.2) is 66.7 Å². The minimum absolute atomic E-state index is 0.0175. The van der Waals surface area contributed by atoms with Crippen LogP contribution in [0.3, 0.4) is 0 Å². The molecule has 0 saturated heterocycles. The van der Waals surface area contributed by atoms with E-state index in [0.29, 0.717) is 17.3 Å². The van der Waals surface area contributed by atoms with Crippen molar-refractivity contribution in [3.05, 3.63) is 77.3 Å². The topological polar surface area (TPSA) is 42.8 Å². The number of halogens is 1. The molecular formula is C22H24ClN2O2+. The highest BCUT2D eigenvalue weighted by molar-refractivity contribution is 6.31. The first-order chi connectivity index (χ1) is 13.0. The van der Waals surface area contributed by atoms with Gasteiger partial charge in [-0.3, -0.25) is 4.79 Å². The summed E-state index contributed by atoms with van der Waals surface area (Å²) in [5.74, 6) is 0.534. The fourth-order valence-corrected chi connectivity index (χ4v) is 3.32. The van der Waals surface area contributed by atoms with Gasteiger partial charge in [0.1, 0.15) is 11.8 Å². The highest BCUT2D eigenvalue weighted by atomic mass is 35.5. The van der Waals surface area contributed by atoms with Crippen LogP contribution in [-0.2, 0) is 4.79 Å². The first kappa shape index (κ1) is 19.2. The summed E-state index contributed by atoms with van der Waals surface area (Å²) in [6.45, 7) is 0.475. The molecule has 0 aliphatic heterocycles. The molecule has 3 aromatic carbocycles. The predicted octanol–water partition coefficient (Wildman–Crippen LogP) is 2.87. The Bertz CT molecular complexity index is 927. The lowest BCUT2D eigenvalue weighted by Crippen LogP contribution is -3.07. The Hall–Kier alpha value is -2.56. The van der Waals surface area contributed by atoms with Crippen molar-refractivity contribution >= 4 is 28.3 Å². The number of ether oxygens (including phenoxy) is 1. The molecule has 0 radical (unpaired) electrons. The van der Waals surface area contributed by atoms with E-state index in [2.05, 4.69) is 5.32 Å². The molecule has 2 N–H and O–H groups in total. The van der Waals surface area contributed by atoms with E-state index in [1.165, 1.54) is 4.90 Å². The van der Waals surface area contributed by atoms with Crippen LogP contribution in [0.25, 0.3) is 10.8 Å². The molecule has 140 valence electrons. The van der Waals surface area contributed by atoms with Crippen molar-refractivity contribution in [1.29, 1.82) is 0 Å². The second kappa shape index (κ2) is 8.89. The molecule has 3 rings (SSSR count). The molecule has 3 aromatic rings. The van der Waals surface area contributed by atoms with E-state index < -0.39 is 0 Å². The first-order valence-electron chi connectivity index (χ1n) is 8.97. The molecular weight excluding hydrogens is 360 g/mol. The summed E-state index contributed by atoms with van der Waals surface area (Å²) in [4.78, 5) is 13.4. The van der Waals surface area contributed by atoms with Crippen LogP contribution >= 0.6 is 11.6 Å². The van der Waals surface area contributed by atoms with Crippen molar-refractivity contribution in [2.24, 2.45) is 0 Å². The smallest absolute Gasteiger partial charge is 0.258 e. The van der Waals surface area contributed by atoms with E-state index in [-0.39, 0.29) is 18.6 Å². The van der Waals surface area contributed by atoms with Gasteiger partial charge in [-0.05, 0) is 29.0 Å². The van der Waals surface area contributed by atoms with Gasteiger partial charge in [-0.15, -0.1) is 0 Å². The zero-order valence-electron chi connectivity index (χ0n) is 15.5. The maximum atomic E-state index is 12.2. The Kier molecular flexibility index (Phi) is 6.32. The van der Waals surface area contributed by atoms with Crippen molar-refractivity contribution in [3.8, 4) is 5.75 Å². The largest absolute Gasteiger partial charge is 0.484 e. The van der Waals surface area contributed by atoms with Crippen LogP contribution in [0.1, 0.15) is 11.6 Å². The van der Waals surface area contributed by atoms with E-state index in [4.69, 9.17) is 16.3 Å². The van der Waals surface area contributed by atoms with Crippen LogP contribution in [0, 0.1) is 0 Å². The Morgan fingerprint density at radius 1 is 1.04 bits per heavy atom. The number of carbonyl (C=O) groups is 1. The third-order valence-corrected chi connectivity index (χ3v) is 4.92. The minimum atomic E-state index is -0.151. The molecule has 0 aliphatic rings. The average molecular weight is 384 g/mol. The maximum absolute atomic E-state index is 12.2. The molecule has 5 heteroatoms. The zero-order valence-corrected chi connectivity index (χ0v) is 16.3. The van der Waals surface area contributed by atoms with E-state index in [9.17, 15) is 4.79 Å². The Balaban J connectivity index is 1.57. The molecule has 27 heavy (non-hydrogen) atoms. The number of rotatable bonds is 7. The molecule has 0 saturated carbocycles. The van der Waals surface area contributed by atoms with Gasteiger partial charge in [0.25, 0.3) is 5.91 Å². The average Bonchev–Trinajstić information content (AvgIpc) is 2.67. The van der Waals surface area contributed by atoms with Gasteiger partial charge in [0.2, 0.25) is 0 Å². The van der Waals surface area contributed by atoms with Gasteiger partial charge < -0.3 is 15.0 Å². The molecule has 1 amide bonds. The van der Waals surface area contributed by atoms with E-state index in [1.54, 1.807) is 0 Å². The third-order valence-electron chi connectivity index (χ3n) is 4.57. The summed E-state index contributed by atoms with van der Waals surface area (Å²) in [7, 11) is 4.09. The van der Waals surface area contributed by atoms with Gasteiger partial charge in [0.05, 0.1) is 20.6 Å². The van der Waals surface area contributed by atoms with Gasteiger partial charge in [0.15, 0.2) is 6.61 Å². The van der Waals surface area contributed by atoms with Crippen molar-refractivity contribution < 1.29 is 14.4 Å². The number of nitrogens with one attached hydrogen (secondary N) is 2. The van der Waals surface area contributed by atoms with Gasteiger partial charge >= 0.3 is 0 Å². The summed E-state index contributed by atoms with van der Waals surface area (Å²) >= 11 is 6.32. The zero-order chi connectivity index (χ0) is 19.2. The number of carbonyl (C=O) groups excluding carboxylic acids is 1. The van der Waals surface area contributed by atoms with E-state index >= 15 is 0 Å². The second-order valence-corrected chi connectivity index (χ2v) is 7.16. The summed E-state index contributed by atoms with van der Waals surface area (Å²) in [6, 6.07) is 21.7. The van der Waals surface area contributed by atoms with Crippen molar-refractivity contribution in [1.82, 2.24) is 5.32 Å². The molecule has 0 unspecified atom stereocenters. The molecule has 0 aromatic heterocycles. The van der Waals surface area contributed by atoms with E-state index in [0.717, 1.165) is 16.3 Å². The molecule has 1 atom stereocenters.